The SMILES string of the molecule is COC(=O)CC[C@@H]1N=C(c2ccccn2)c2cc(C)c(C)cc2-n2c(C)cnc21.COC(=O)CC[C@@H]1N=C(c2ccccn2)c2cc(C)c(C)cc2-n2c(C)cnc21.Cc1ccc(S(=O)(=O)O)cc1. The Balaban J connectivity index is 0.000000168. The fourth-order valence-electron chi connectivity index (χ4n) is 8.15. The summed E-state index contributed by atoms with van der Waals surface area (Å²) >= 11 is 0. The van der Waals surface area contributed by atoms with Gasteiger partial charge in [-0.3, -0.25) is 43.2 Å². The van der Waals surface area contributed by atoms with Gasteiger partial charge in [-0.2, -0.15) is 8.42 Å². The van der Waals surface area contributed by atoms with Gasteiger partial charge in [-0.25, -0.2) is 9.97 Å². The van der Waals surface area contributed by atoms with E-state index >= 15 is 0 Å². The average Bonchev–Trinajstić information content (AvgIpc) is 3.85. The predicted octanol–water partition coefficient (Wildman–Crippen LogP) is 9.32. The van der Waals surface area contributed by atoms with E-state index in [0.29, 0.717) is 12.8 Å². The number of esters is 2. The Labute approximate surface area is 402 Å². The van der Waals surface area contributed by atoms with Gasteiger partial charge in [0, 0.05) is 60.1 Å². The van der Waals surface area contributed by atoms with Gasteiger partial charge in [-0.05, 0) is 144 Å². The number of nitrogens with zero attached hydrogens (tertiary/aromatic N) is 8. The molecule has 2 aliphatic heterocycles. The minimum absolute atomic E-state index is 0.0666. The molecule has 1 N–H and O–H groups in total. The fourth-order valence-corrected chi connectivity index (χ4v) is 8.63. The molecule has 2 atom stereocenters. The Hall–Kier alpha value is -7.43. The van der Waals surface area contributed by atoms with E-state index in [1.807, 2.05) is 69.6 Å². The minimum atomic E-state index is -4.02. The Bertz CT molecular complexity index is 3000. The topological polar surface area (TPSA) is 193 Å². The number of imidazole rings is 2. The monoisotopic (exact) mass is 948 g/mol. The highest BCUT2D eigenvalue weighted by Gasteiger charge is 2.30. The van der Waals surface area contributed by atoms with Gasteiger partial charge in [0.2, 0.25) is 0 Å². The van der Waals surface area contributed by atoms with Gasteiger partial charge in [0.1, 0.15) is 23.7 Å². The summed E-state index contributed by atoms with van der Waals surface area (Å²) in [7, 11) is -1.21. The van der Waals surface area contributed by atoms with Crippen LogP contribution in [0.25, 0.3) is 11.4 Å². The molecule has 0 fully saturated rings. The van der Waals surface area contributed by atoms with Crippen molar-refractivity contribution in [3.63, 3.8) is 0 Å². The summed E-state index contributed by atoms with van der Waals surface area (Å²) in [6, 6.07) is 25.8. The summed E-state index contributed by atoms with van der Waals surface area (Å²) in [6.07, 6.45) is 8.87. The highest BCUT2D eigenvalue weighted by molar-refractivity contribution is 7.85. The predicted molar refractivity (Wildman–Crippen MR) is 264 cm³/mol. The second-order valence-corrected chi connectivity index (χ2v) is 18.4. The Kier molecular flexibility index (Phi) is 15.2. The van der Waals surface area contributed by atoms with E-state index in [1.165, 1.54) is 48.6 Å². The van der Waals surface area contributed by atoms with Gasteiger partial charge >= 0.3 is 11.9 Å². The summed E-state index contributed by atoms with van der Waals surface area (Å²) in [4.78, 5) is 52.2. The molecule has 9 rings (SSSR count). The molecular formula is C53H56N8O7S. The number of carbonyl (C=O) groups excluding carboxylic acids is 2. The van der Waals surface area contributed by atoms with Crippen LogP contribution in [0.1, 0.15) is 111 Å². The van der Waals surface area contributed by atoms with E-state index in [2.05, 4.69) is 81.0 Å². The van der Waals surface area contributed by atoms with E-state index in [4.69, 9.17) is 24.0 Å². The highest BCUT2D eigenvalue weighted by atomic mass is 32.2. The first-order valence-corrected chi connectivity index (χ1v) is 23.9. The lowest BCUT2D eigenvalue weighted by Crippen LogP contribution is -2.10. The van der Waals surface area contributed by atoms with Crippen LogP contribution in [0.15, 0.2) is 125 Å². The van der Waals surface area contributed by atoms with E-state index < -0.39 is 10.1 Å². The molecule has 3 aromatic carbocycles. The first kappa shape index (κ1) is 49.5. The van der Waals surface area contributed by atoms with Crippen LogP contribution in [0.4, 0.5) is 0 Å². The van der Waals surface area contributed by atoms with E-state index in [1.54, 1.807) is 24.5 Å². The van der Waals surface area contributed by atoms with Gasteiger partial charge in [0.05, 0.1) is 53.3 Å². The first-order chi connectivity index (χ1) is 33.0. The number of hydrogen-bond acceptors (Lipinski definition) is 12. The lowest BCUT2D eigenvalue weighted by atomic mass is 9.98. The van der Waals surface area contributed by atoms with Crippen molar-refractivity contribution in [2.24, 2.45) is 9.98 Å². The molecule has 0 radical (unpaired) electrons. The van der Waals surface area contributed by atoms with Gasteiger partial charge in [0.25, 0.3) is 10.1 Å². The Morgan fingerprint density at radius 3 is 1.35 bits per heavy atom. The number of aryl methyl sites for hydroxylation is 7. The number of methoxy groups -OCH3 is 2. The number of aromatic nitrogens is 6. The first-order valence-electron chi connectivity index (χ1n) is 22.5. The zero-order valence-corrected chi connectivity index (χ0v) is 41.1. The molecule has 69 heavy (non-hydrogen) atoms. The van der Waals surface area contributed by atoms with E-state index in [9.17, 15) is 18.0 Å². The maximum atomic E-state index is 11.8. The number of ether oxygens (including phenoxy) is 2. The number of rotatable bonds is 9. The van der Waals surface area contributed by atoms with Crippen molar-refractivity contribution in [2.45, 2.75) is 91.1 Å². The standard InChI is InChI=1S/2C23H24N4O2.C7H8O3S/c2*1-14-11-17-20(12-15(14)2)27-16(3)13-25-23(27)19(8-9-21(28)29-4)26-22(17)18-7-5-6-10-24-18;1-6-2-4-7(5-3-6)11(8,9)10/h2*5-7,10-13,19H,8-9H2,1-4H3;2-5H,1H3,(H,8,9,10)/t2*19-;/m00./s1. The van der Waals surface area contributed by atoms with Crippen LogP contribution in [0.2, 0.25) is 0 Å². The van der Waals surface area contributed by atoms with Crippen molar-refractivity contribution in [1.82, 2.24) is 29.1 Å². The maximum Gasteiger partial charge on any atom is 0.305 e. The third-order valence-electron chi connectivity index (χ3n) is 12.1. The molecule has 16 heteroatoms. The molecule has 0 saturated heterocycles. The second-order valence-electron chi connectivity index (χ2n) is 17.0. The molecule has 0 bridgehead atoms. The normalized spacial score (nSPS) is 14.6. The Morgan fingerprint density at radius 2 is 0.986 bits per heavy atom. The quantitative estimate of drug-likeness (QED) is 0.107. The smallest absolute Gasteiger partial charge is 0.305 e. The van der Waals surface area contributed by atoms with Crippen LogP contribution >= 0.6 is 0 Å². The zero-order valence-electron chi connectivity index (χ0n) is 40.3. The second kappa shape index (κ2) is 21.3. The van der Waals surface area contributed by atoms with Crippen molar-refractivity contribution in [2.75, 3.05) is 14.2 Å². The Morgan fingerprint density at radius 1 is 0.580 bits per heavy atom. The van der Waals surface area contributed by atoms with Crippen LogP contribution in [0.5, 0.6) is 0 Å². The average molecular weight is 949 g/mol. The third-order valence-corrected chi connectivity index (χ3v) is 13.0. The van der Waals surface area contributed by atoms with Gasteiger partial charge in [-0.1, -0.05) is 29.8 Å². The molecule has 15 nitrogen and oxygen atoms in total. The largest absolute Gasteiger partial charge is 0.469 e. The van der Waals surface area contributed by atoms with Crippen LogP contribution in [-0.2, 0) is 29.2 Å². The number of pyridine rings is 2. The number of hydrogen-bond donors (Lipinski definition) is 1. The van der Waals surface area contributed by atoms with E-state index in [0.717, 1.165) is 73.9 Å². The van der Waals surface area contributed by atoms with Gasteiger partial charge in [-0.15, -0.1) is 0 Å². The molecule has 0 spiro atoms. The third kappa shape index (κ3) is 11.1. The van der Waals surface area contributed by atoms with Crippen molar-refractivity contribution < 1.29 is 32.0 Å². The highest BCUT2D eigenvalue weighted by Crippen LogP contribution is 2.36. The molecule has 4 aromatic heterocycles. The summed E-state index contributed by atoms with van der Waals surface area (Å²) in [5, 5.41) is 0. The van der Waals surface area contributed by atoms with Crippen LogP contribution in [0, 0.1) is 48.5 Å². The maximum absolute atomic E-state index is 11.8. The van der Waals surface area contributed by atoms with Crippen LogP contribution in [0.3, 0.4) is 0 Å². The molecule has 6 heterocycles. The molecule has 356 valence electrons. The van der Waals surface area contributed by atoms with Crippen molar-refractivity contribution in [3.05, 3.63) is 183 Å². The van der Waals surface area contributed by atoms with Crippen molar-refractivity contribution in [3.8, 4) is 11.4 Å². The molecular weight excluding hydrogens is 893 g/mol. The molecule has 7 aromatic rings. The molecule has 0 aliphatic carbocycles. The number of fused-ring (bicyclic) bond motifs is 6. The van der Waals surface area contributed by atoms with Crippen LogP contribution < -0.4 is 0 Å². The van der Waals surface area contributed by atoms with Crippen LogP contribution in [-0.4, -0.2) is 79.6 Å². The van der Waals surface area contributed by atoms with E-state index in [-0.39, 0.29) is 41.8 Å². The lowest BCUT2D eigenvalue weighted by Gasteiger charge is -2.16. The fraction of sp³-hybridized carbons (Fsp3) is 0.283. The molecule has 0 saturated carbocycles. The lowest BCUT2D eigenvalue weighted by molar-refractivity contribution is -0.141. The number of aliphatic imine (C=N–C) groups is 2. The number of benzene rings is 3. The van der Waals surface area contributed by atoms with Gasteiger partial charge in [0.15, 0.2) is 0 Å². The van der Waals surface area contributed by atoms with Gasteiger partial charge < -0.3 is 9.47 Å². The van der Waals surface area contributed by atoms with Crippen molar-refractivity contribution >= 4 is 33.5 Å². The summed E-state index contributed by atoms with van der Waals surface area (Å²) in [5.41, 5.74) is 15.2. The summed E-state index contributed by atoms with van der Waals surface area (Å²) < 4.78 is 43.6. The van der Waals surface area contributed by atoms with Crippen molar-refractivity contribution in [1.29, 1.82) is 0 Å². The molecule has 2 aliphatic rings. The number of carbonyl (C=O) groups is 2. The molecule has 0 unspecified atom stereocenters. The minimum Gasteiger partial charge on any atom is -0.469 e. The summed E-state index contributed by atoms with van der Waals surface area (Å²) in [6.45, 7) is 14.3. The summed E-state index contributed by atoms with van der Waals surface area (Å²) in [5.74, 6) is 1.18. The molecule has 0 amide bonds. The zero-order chi connectivity index (χ0) is 49.6.